The number of aryl methyl sites for hydroxylation is 1. The predicted octanol–water partition coefficient (Wildman–Crippen LogP) is 3.00. The van der Waals surface area contributed by atoms with Gasteiger partial charge in [0, 0.05) is 31.9 Å². The summed E-state index contributed by atoms with van der Waals surface area (Å²) in [5, 5.41) is 0. The SMILES string of the molecule is Cn1cnc(C(=O)CC(=O)c2cc(Cc3ccccc3)cc(CN3CCCS3(=O)=O)c2)c1. The van der Waals surface area contributed by atoms with Gasteiger partial charge in [0.2, 0.25) is 10.0 Å². The van der Waals surface area contributed by atoms with Crippen LogP contribution in [0.2, 0.25) is 0 Å². The van der Waals surface area contributed by atoms with E-state index in [0.29, 0.717) is 24.9 Å². The molecule has 7 nitrogen and oxygen atoms in total. The fraction of sp³-hybridized carbons (Fsp3) is 0.292. The number of rotatable bonds is 8. The van der Waals surface area contributed by atoms with E-state index in [9.17, 15) is 18.0 Å². The van der Waals surface area contributed by atoms with Crippen molar-refractivity contribution in [3.8, 4) is 0 Å². The maximum atomic E-state index is 13.0. The van der Waals surface area contributed by atoms with E-state index in [0.717, 1.165) is 16.7 Å². The minimum Gasteiger partial charge on any atom is -0.340 e. The maximum absolute atomic E-state index is 13.0. The van der Waals surface area contributed by atoms with Gasteiger partial charge in [-0.15, -0.1) is 0 Å². The monoisotopic (exact) mass is 451 g/mol. The molecular formula is C24H25N3O4S. The Hall–Kier alpha value is -3.10. The lowest BCUT2D eigenvalue weighted by atomic mass is 9.96. The first kappa shape index (κ1) is 22.1. The van der Waals surface area contributed by atoms with Crippen molar-refractivity contribution in [2.75, 3.05) is 12.3 Å². The summed E-state index contributed by atoms with van der Waals surface area (Å²) in [6.45, 7) is 0.701. The summed E-state index contributed by atoms with van der Waals surface area (Å²) in [5.74, 6) is -0.491. The second-order valence-electron chi connectivity index (χ2n) is 8.15. The van der Waals surface area contributed by atoms with Gasteiger partial charge >= 0.3 is 0 Å². The average Bonchev–Trinajstić information content (AvgIpc) is 3.33. The molecule has 8 heteroatoms. The lowest BCUT2D eigenvalue weighted by Gasteiger charge is -2.16. The molecule has 0 aliphatic carbocycles. The first-order valence-corrected chi connectivity index (χ1v) is 12.1. The molecule has 1 aliphatic rings. The normalized spacial score (nSPS) is 15.7. The largest absolute Gasteiger partial charge is 0.340 e. The molecule has 1 fully saturated rings. The number of sulfonamides is 1. The molecule has 166 valence electrons. The molecule has 1 aliphatic heterocycles. The van der Waals surface area contributed by atoms with Crippen LogP contribution in [0.25, 0.3) is 0 Å². The van der Waals surface area contributed by atoms with Crippen molar-refractivity contribution in [2.24, 2.45) is 7.05 Å². The standard InChI is InChI=1S/C24H25N3O4S/c1-26-16-22(25-17-26)24(29)14-23(28)21-12-19(10-18-6-3-2-4-7-18)11-20(13-21)15-27-8-5-9-32(27,30)31/h2-4,6-7,11-13,16-17H,5,8-10,14-15H2,1H3. The van der Waals surface area contributed by atoms with Crippen molar-refractivity contribution in [3.63, 3.8) is 0 Å². The zero-order valence-corrected chi connectivity index (χ0v) is 18.7. The van der Waals surface area contributed by atoms with Gasteiger partial charge in [-0.1, -0.05) is 36.4 Å². The molecule has 0 N–H and O–H groups in total. The zero-order valence-electron chi connectivity index (χ0n) is 17.9. The van der Waals surface area contributed by atoms with Gasteiger partial charge in [0.1, 0.15) is 5.69 Å². The van der Waals surface area contributed by atoms with Crippen LogP contribution >= 0.6 is 0 Å². The maximum Gasteiger partial charge on any atom is 0.214 e. The summed E-state index contributed by atoms with van der Waals surface area (Å²) < 4.78 is 27.7. The molecule has 1 aromatic heterocycles. The van der Waals surface area contributed by atoms with Crippen LogP contribution in [0.4, 0.5) is 0 Å². The zero-order chi connectivity index (χ0) is 22.7. The number of nitrogens with zero attached hydrogens (tertiary/aromatic N) is 3. The van der Waals surface area contributed by atoms with Gasteiger partial charge in [-0.3, -0.25) is 9.59 Å². The van der Waals surface area contributed by atoms with Gasteiger partial charge in [-0.2, -0.15) is 4.31 Å². The summed E-state index contributed by atoms with van der Waals surface area (Å²) in [5.41, 5.74) is 3.40. The molecule has 0 saturated carbocycles. The molecule has 0 spiro atoms. The molecule has 32 heavy (non-hydrogen) atoms. The van der Waals surface area contributed by atoms with Gasteiger partial charge in [-0.05, 0) is 41.7 Å². The first-order valence-electron chi connectivity index (χ1n) is 10.5. The highest BCUT2D eigenvalue weighted by Crippen LogP contribution is 2.22. The number of ketones is 2. The first-order chi connectivity index (χ1) is 15.3. The number of imidazole rings is 1. The van der Waals surface area contributed by atoms with Gasteiger partial charge in [-0.25, -0.2) is 13.4 Å². The molecule has 0 radical (unpaired) electrons. The van der Waals surface area contributed by atoms with E-state index >= 15 is 0 Å². The highest BCUT2D eigenvalue weighted by molar-refractivity contribution is 7.89. The Morgan fingerprint density at radius 2 is 1.75 bits per heavy atom. The highest BCUT2D eigenvalue weighted by atomic mass is 32.2. The Balaban J connectivity index is 1.61. The lowest BCUT2D eigenvalue weighted by Crippen LogP contribution is -2.25. The van der Waals surface area contributed by atoms with E-state index in [-0.39, 0.29) is 36.0 Å². The molecule has 0 amide bonds. The van der Waals surface area contributed by atoms with Crippen molar-refractivity contribution in [2.45, 2.75) is 25.8 Å². The molecule has 4 rings (SSSR count). The van der Waals surface area contributed by atoms with Crippen LogP contribution in [0.1, 0.15) is 50.4 Å². The number of carbonyl (C=O) groups excluding carboxylic acids is 2. The number of hydrogen-bond donors (Lipinski definition) is 0. The van der Waals surface area contributed by atoms with E-state index < -0.39 is 10.0 Å². The fourth-order valence-corrected chi connectivity index (χ4v) is 5.42. The summed E-state index contributed by atoms with van der Waals surface area (Å²) in [6, 6.07) is 15.3. The molecule has 0 unspecified atom stereocenters. The second kappa shape index (κ2) is 9.18. The Morgan fingerprint density at radius 1 is 1.00 bits per heavy atom. The van der Waals surface area contributed by atoms with E-state index in [2.05, 4.69) is 4.98 Å². The van der Waals surface area contributed by atoms with Gasteiger partial charge in [0.15, 0.2) is 11.6 Å². The van der Waals surface area contributed by atoms with E-state index in [1.54, 1.807) is 29.9 Å². The second-order valence-corrected chi connectivity index (χ2v) is 10.2. The van der Waals surface area contributed by atoms with Crippen LogP contribution in [0.5, 0.6) is 0 Å². The van der Waals surface area contributed by atoms with Gasteiger partial charge < -0.3 is 4.57 Å². The van der Waals surface area contributed by atoms with Crippen LogP contribution in [0, 0.1) is 0 Å². The summed E-state index contributed by atoms with van der Waals surface area (Å²) in [6.07, 6.45) is 4.04. The van der Waals surface area contributed by atoms with Crippen LogP contribution in [0.3, 0.4) is 0 Å². The molecule has 2 aromatic carbocycles. The van der Waals surface area contributed by atoms with Crippen molar-refractivity contribution in [1.29, 1.82) is 0 Å². The summed E-state index contributed by atoms with van der Waals surface area (Å²) in [4.78, 5) is 29.5. The lowest BCUT2D eigenvalue weighted by molar-refractivity contribution is 0.0891. The molecule has 0 atom stereocenters. The fourth-order valence-electron chi connectivity index (χ4n) is 3.92. The Kier molecular flexibility index (Phi) is 6.34. The third kappa shape index (κ3) is 5.20. The smallest absolute Gasteiger partial charge is 0.214 e. The number of hydrogen-bond acceptors (Lipinski definition) is 5. The Bertz CT molecular complexity index is 1250. The Labute approximate surface area is 187 Å². The summed E-state index contributed by atoms with van der Waals surface area (Å²) in [7, 11) is -1.50. The van der Waals surface area contributed by atoms with E-state index in [4.69, 9.17) is 0 Å². The van der Waals surface area contributed by atoms with Crippen molar-refractivity contribution in [1.82, 2.24) is 13.9 Å². The van der Waals surface area contributed by atoms with Crippen LogP contribution in [-0.2, 0) is 30.0 Å². The van der Waals surface area contributed by atoms with Crippen LogP contribution < -0.4 is 0 Å². The van der Waals surface area contributed by atoms with Gasteiger partial charge in [0.05, 0.1) is 18.5 Å². The molecule has 1 saturated heterocycles. The van der Waals surface area contributed by atoms with Crippen LogP contribution in [0.15, 0.2) is 61.1 Å². The number of aromatic nitrogens is 2. The van der Waals surface area contributed by atoms with Crippen molar-refractivity contribution < 1.29 is 18.0 Å². The minimum atomic E-state index is -3.26. The molecular weight excluding hydrogens is 426 g/mol. The topological polar surface area (TPSA) is 89.3 Å². The third-order valence-electron chi connectivity index (χ3n) is 5.50. The van der Waals surface area contributed by atoms with Crippen LogP contribution in [-0.4, -0.2) is 46.1 Å². The van der Waals surface area contributed by atoms with Crippen molar-refractivity contribution in [3.05, 3.63) is 89.0 Å². The molecule has 3 aromatic rings. The highest BCUT2D eigenvalue weighted by Gasteiger charge is 2.28. The van der Waals surface area contributed by atoms with E-state index in [1.165, 1.54) is 10.6 Å². The number of benzene rings is 2. The number of Topliss-reactive ketones (excluding diaryl/α,β-unsaturated/α-hetero) is 2. The summed E-state index contributed by atoms with van der Waals surface area (Å²) >= 11 is 0. The third-order valence-corrected chi connectivity index (χ3v) is 7.40. The van der Waals surface area contributed by atoms with E-state index in [1.807, 2.05) is 36.4 Å². The van der Waals surface area contributed by atoms with Gasteiger partial charge in [0.25, 0.3) is 0 Å². The average molecular weight is 452 g/mol. The number of carbonyl (C=O) groups is 2. The Morgan fingerprint density at radius 3 is 2.41 bits per heavy atom. The molecule has 2 heterocycles. The minimum absolute atomic E-state index is 0.154. The quantitative estimate of drug-likeness (QED) is 0.388. The molecule has 0 bridgehead atoms. The predicted molar refractivity (Wildman–Crippen MR) is 121 cm³/mol. The van der Waals surface area contributed by atoms with Crippen molar-refractivity contribution >= 4 is 21.6 Å².